The van der Waals surface area contributed by atoms with Crippen molar-refractivity contribution in [1.82, 2.24) is 4.72 Å². The standard InChI is InChI=1S/C16H17NO4S/c1-11-9-12(7-8-15(11)20-2)22(18,19)17-14-10-21-16-6-4-3-5-13(14)16/h3-9,14,17H,10H2,1-2H3. The molecule has 0 saturated heterocycles. The lowest BCUT2D eigenvalue weighted by atomic mass is 10.1. The molecule has 6 heteroatoms. The zero-order chi connectivity index (χ0) is 15.7. The number of hydrogen-bond acceptors (Lipinski definition) is 4. The Labute approximate surface area is 129 Å². The Morgan fingerprint density at radius 3 is 2.73 bits per heavy atom. The molecule has 1 N–H and O–H groups in total. The molecule has 22 heavy (non-hydrogen) atoms. The maximum absolute atomic E-state index is 12.5. The zero-order valence-corrected chi connectivity index (χ0v) is 13.2. The summed E-state index contributed by atoms with van der Waals surface area (Å²) in [4.78, 5) is 0.218. The Kier molecular flexibility index (Phi) is 3.80. The van der Waals surface area contributed by atoms with Crippen LogP contribution < -0.4 is 14.2 Å². The number of rotatable bonds is 4. The van der Waals surface area contributed by atoms with Crippen LogP contribution in [0.2, 0.25) is 0 Å². The highest BCUT2D eigenvalue weighted by Gasteiger charge is 2.28. The number of aryl methyl sites for hydroxylation is 1. The summed E-state index contributed by atoms with van der Waals surface area (Å²) in [6.07, 6.45) is 0. The third-order valence-corrected chi connectivity index (χ3v) is 5.14. The molecule has 0 bridgehead atoms. The Balaban J connectivity index is 1.87. The first-order chi connectivity index (χ1) is 10.5. The lowest BCUT2D eigenvalue weighted by Gasteiger charge is -2.13. The quantitative estimate of drug-likeness (QED) is 0.940. The number of methoxy groups -OCH3 is 1. The van der Waals surface area contributed by atoms with Crippen LogP contribution in [0.4, 0.5) is 0 Å². The topological polar surface area (TPSA) is 64.6 Å². The molecule has 0 aromatic heterocycles. The highest BCUT2D eigenvalue weighted by Crippen LogP contribution is 2.33. The van der Waals surface area contributed by atoms with Crippen LogP contribution in [-0.4, -0.2) is 22.1 Å². The molecule has 1 atom stereocenters. The minimum atomic E-state index is -3.62. The van der Waals surface area contributed by atoms with E-state index in [1.807, 2.05) is 31.2 Å². The SMILES string of the molecule is COc1ccc(S(=O)(=O)NC2COc3ccccc32)cc1C. The van der Waals surface area contributed by atoms with Gasteiger partial charge in [0.2, 0.25) is 10.0 Å². The molecule has 1 aliphatic heterocycles. The molecule has 1 unspecified atom stereocenters. The van der Waals surface area contributed by atoms with Crippen LogP contribution in [0.25, 0.3) is 0 Å². The van der Waals surface area contributed by atoms with E-state index in [1.54, 1.807) is 19.2 Å². The smallest absolute Gasteiger partial charge is 0.241 e. The van der Waals surface area contributed by atoms with E-state index in [2.05, 4.69) is 4.72 Å². The molecule has 1 heterocycles. The average molecular weight is 319 g/mol. The number of sulfonamides is 1. The van der Waals surface area contributed by atoms with Crippen LogP contribution in [0, 0.1) is 6.92 Å². The van der Waals surface area contributed by atoms with Crippen LogP contribution in [-0.2, 0) is 10.0 Å². The molecule has 0 aliphatic carbocycles. The molecule has 0 saturated carbocycles. The Bertz CT molecular complexity index is 802. The summed E-state index contributed by atoms with van der Waals surface area (Å²) in [5.41, 5.74) is 1.63. The van der Waals surface area contributed by atoms with Crippen molar-refractivity contribution in [3.05, 3.63) is 53.6 Å². The number of para-hydroxylation sites is 1. The van der Waals surface area contributed by atoms with E-state index in [9.17, 15) is 8.42 Å². The molecule has 116 valence electrons. The monoisotopic (exact) mass is 319 g/mol. The molecule has 1 aliphatic rings. The van der Waals surface area contributed by atoms with Crippen molar-refractivity contribution in [2.75, 3.05) is 13.7 Å². The normalized spacial score (nSPS) is 16.9. The molecule has 0 amide bonds. The van der Waals surface area contributed by atoms with Crippen molar-refractivity contribution in [1.29, 1.82) is 0 Å². The highest BCUT2D eigenvalue weighted by atomic mass is 32.2. The van der Waals surface area contributed by atoms with Gasteiger partial charge in [0.1, 0.15) is 18.1 Å². The van der Waals surface area contributed by atoms with Crippen molar-refractivity contribution in [2.24, 2.45) is 0 Å². The number of ether oxygens (including phenoxy) is 2. The first-order valence-electron chi connectivity index (χ1n) is 6.90. The lowest BCUT2D eigenvalue weighted by molar-refractivity contribution is 0.325. The maximum Gasteiger partial charge on any atom is 0.241 e. The second-order valence-electron chi connectivity index (χ2n) is 5.15. The average Bonchev–Trinajstić information content (AvgIpc) is 2.90. The van der Waals surface area contributed by atoms with Gasteiger partial charge in [-0.25, -0.2) is 13.1 Å². The van der Waals surface area contributed by atoms with Gasteiger partial charge in [-0.1, -0.05) is 18.2 Å². The van der Waals surface area contributed by atoms with Crippen molar-refractivity contribution >= 4 is 10.0 Å². The van der Waals surface area contributed by atoms with Gasteiger partial charge in [0.05, 0.1) is 18.0 Å². The van der Waals surface area contributed by atoms with Crippen molar-refractivity contribution in [3.63, 3.8) is 0 Å². The number of benzene rings is 2. The van der Waals surface area contributed by atoms with Crippen LogP contribution in [0.5, 0.6) is 11.5 Å². The lowest BCUT2D eigenvalue weighted by Crippen LogP contribution is -2.29. The first kappa shape index (κ1) is 14.9. The second-order valence-corrected chi connectivity index (χ2v) is 6.87. The Morgan fingerprint density at radius 2 is 2.00 bits per heavy atom. The van der Waals surface area contributed by atoms with Crippen molar-refractivity contribution in [3.8, 4) is 11.5 Å². The highest BCUT2D eigenvalue weighted by molar-refractivity contribution is 7.89. The summed E-state index contributed by atoms with van der Waals surface area (Å²) in [6, 6.07) is 11.9. The van der Waals surface area contributed by atoms with Crippen molar-refractivity contribution < 1.29 is 17.9 Å². The number of nitrogens with one attached hydrogen (secondary N) is 1. The summed E-state index contributed by atoms with van der Waals surface area (Å²) < 4.78 is 38.4. The van der Waals surface area contributed by atoms with Gasteiger partial charge in [0.15, 0.2) is 0 Å². The molecule has 5 nitrogen and oxygen atoms in total. The van der Waals surface area contributed by atoms with E-state index in [0.717, 1.165) is 16.9 Å². The summed E-state index contributed by atoms with van der Waals surface area (Å²) in [5, 5.41) is 0. The Hall–Kier alpha value is -2.05. The van der Waals surface area contributed by atoms with E-state index in [-0.39, 0.29) is 10.9 Å². The van der Waals surface area contributed by atoms with Gasteiger partial charge in [-0.3, -0.25) is 0 Å². The van der Waals surface area contributed by atoms with Gasteiger partial charge in [-0.05, 0) is 36.8 Å². The molecule has 0 radical (unpaired) electrons. The fourth-order valence-corrected chi connectivity index (χ4v) is 3.82. The fourth-order valence-electron chi connectivity index (χ4n) is 2.53. The molecular weight excluding hydrogens is 302 g/mol. The number of fused-ring (bicyclic) bond motifs is 1. The summed E-state index contributed by atoms with van der Waals surface area (Å²) in [7, 11) is -2.06. The first-order valence-corrected chi connectivity index (χ1v) is 8.38. The summed E-state index contributed by atoms with van der Waals surface area (Å²) in [5.74, 6) is 1.38. The van der Waals surface area contributed by atoms with E-state index in [4.69, 9.17) is 9.47 Å². The van der Waals surface area contributed by atoms with Crippen LogP contribution >= 0.6 is 0 Å². The molecular formula is C16H17NO4S. The van der Waals surface area contributed by atoms with Gasteiger partial charge in [-0.2, -0.15) is 0 Å². The van der Waals surface area contributed by atoms with E-state index in [1.165, 1.54) is 6.07 Å². The van der Waals surface area contributed by atoms with Gasteiger partial charge < -0.3 is 9.47 Å². The van der Waals surface area contributed by atoms with E-state index in [0.29, 0.717) is 12.4 Å². The summed E-state index contributed by atoms with van der Waals surface area (Å²) >= 11 is 0. The third-order valence-electron chi connectivity index (χ3n) is 3.67. The van der Waals surface area contributed by atoms with Gasteiger partial charge in [-0.15, -0.1) is 0 Å². The van der Waals surface area contributed by atoms with E-state index < -0.39 is 10.0 Å². The zero-order valence-electron chi connectivity index (χ0n) is 12.4. The second kappa shape index (κ2) is 5.62. The van der Waals surface area contributed by atoms with Gasteiger partial charge in [0, 0.05) is 5.56 Å². The van der Waals surface area contributed by atoms with Crippen LogP contribution in [0.3, 0.4) is 0 Å². The minimum Gasteiger partial charge on any atom is -0.496 e. The molecule has 3 rings (SSSR count). The van der Waals surface area contributed by atoms with Gasteiger partial charge in [0.25, 0.3) is 0 Å². The van der Waals surface area contributed by atoms with Crippen LogP contribution in [0.1, 0.15) is 17.2 Å². The fraction of sp³-hybridized carbons (Fsp3) is 0.250. The van der Waals surface area contributed by atoms with E-state index >= 15 is 0 Å². The Morgan fingerprint density at radius 1 is 1.23 bits per heavy atom. The molecule has 0 spiro atoms. The number of hydrogen-bond donors (Lipinski definition) is 1. The predicted molar refractivity (Wildman–Crippen MR) is 82.7 cm³/mol. The van der Waals surface area contributed by atoms with Gasteiger partial charge >= 0.3 is 0 Å². The minimum absolute atomic E-state index is 0.218. The van der Waals surface area contributed by atoms with Crippen molar-refractivity contribution in [2.45, 2.75) is 17.9 Å². The van der Waals surface area contributed by atoms with Crippen LogP contribution in [0.15, 0.2) is 47.4 Å². The third kappa shape index (κ3) is 2.67. The largest absolute Gasteiger partial charge is 0.496 e. The molecule has 0 fully saturated rings. The predicted octanol–water partition coefficient (Wildman–Crippen LogP) is 2.42. The summed E-state index contributed by atoms with van der Waals surface area (Å²) in [6.45, 7) is 2.11. The maximum atomic E-state index is 12.5. The molecule has 2 aromatic rings. The molecule has 2 aromatic carbocycles.